The first-order chi connectivity index (χ1) is 30.2. The van der Waals surface area contributed by atoms with Crippen LogP contribution in [0.15, 0.2) is 231 Å². The lowest BCUT2D eigenvalue weighted by Crippen LogP contribution is -2.00. The molecular weight excluding hydrogens is 741 g/mol. The van der Waals surface area contributed by atoms with Gasteiger partial charge in [-0.1, -0.05) is 206 Å². The fraction of sp³-hybridized carbons (Fsp3) is 0. The van der Waals surface area contributed by atoms with Crippen LogP contribution >= 0.6 is 0 Å². The molecule has 286 valence electrons. The molecule has 0 bridgehead atoms. The first kappa shape index (κ1) is 35.9. The summed E-state index contributed by atoms with van der Waals surface area (Å²) in [5.74, 6) is 1.88. The molecule has 0 spiro atoms. The molecule has 0 unspecified atom stereocenters. The average molecular weight is 779 g/mol. The summed E-state index contributed by atoms with van der Waals surface area (Å²) in [5.41, 5.74) is 15.5. The molecule has 0 N–H and O–H groups in total. The first-order valence-corrected chi connectivity index (χ1v) is 20.6. The normalized spacial score (nSPS) is 11.3. The van der Waals surface area contributed by atoms with Gasteiger partial charge in [-0.3, -0.25) is 0 Å². The zero-order valence-corrected chi connectivity index (χ0v) is 33.2. The van der Waals surface area contributed by atoms with Crippen LogP contribution < -0.4 is 0 Å². The second-order valence-electron chi connectivity index (χ2n) is 15.2. The number of hydrogen-bond acceptors (Lipinski definition) is 3. The first-order valence-electron chi connectivity index (χ1n) is 20.6. The van der Waals surface area contributed by atoms with E-state index in [1.54, 1.807) is 0 Å². The minimum atomic E-state index is 0.625. The zero-order chi connectivity index (χ0) is 40.5. The third kappa shape index (κ3) is 6.86. The van der Waals surface area contributed by atoms with Gasteiger partial charge in [0.2, 0.25) is 0 Å². The van der Waals surface area contributed by atoms with Gasteiger partial charge in [0.05, 0.1) is 16.7 Å². The van der Waals surface area contributed by atoms with Crippen LogP contribution in [0.4, 0.5) is 0 Å². The Morgan fingerprint density at radius 1 is 0.246 bits per heavy atom. The van der Waals surface area contributed by atoms with Crippen molar-refractivity contribution in [2.24, 2.45) is 0 Å². The van der Waals surface area contributed by atoms with Gasteiger partial charge < -0.3 is 4.57 Å². The fourth-order valence-electron chi connectivity index (χ4n) is 8.42. The molecule has 0 aliphatic carbocycles. The summed E-state index contributed by atoms with van der Waals surface area (Å²) in [6.07, 6.45) is 0. The highest BCUT2D eigenvalue weighted by atomic mass is 15.0. The number of para-hydroxylation sites is 3. The molecule has 0 atom stereocenters. The molecule has 9 aromatic carbocycles. The van der Waals surface area contributed by atoms with Crippen LogP contribution in [0.2, 0.25) is 0 Å². The van der Waals surface area contributed by atoms with E-state index in [2.05, 4.69) is 223 Å². The van der Waals surface area contributed by atoms with Gasteiger partial charge in [-0.15, -0.1) is 0 Å². The van der Waals surface area contributed by atoms with E-state index in [9.17, 15) is 0 Å². The van der Waals surface area contributed by atoms with Crippen molar-refractivity contribution in [3.05, 3.63) is 231 Å². The molecule has 0 amide bonds. The lowest BCUT2D eigenvalue weighted by atomic mass is 9.97. The van der Waals surface area contributed by atoms with Crippen molar-refractivity contribution in [2.75, 3.05) is 0 Å². The number of nitrogens with zero attached hydrogens (tertiary/aromatic N) is 4. The van der Waals surface area contributed by atoms with E-state index in [1.807, 2.05) is 12.1 Å². The minimum Gasteiger partial charge on any atom is -0.309 e. The van der Waals surface area contributed by atoms with Gasteiger partial charge in [-0.25, -0.2) is 15.0 Å². The number of hydrogen-bond donors (Lipinski definition) is 0. The van der Waals surface area contributed by atoms with E-state index in [0.29, 0.717) is 17.5 Å². The van der Waals surface area contributed by atoms with Gasteiger partial charge in [0.25, 0.3) is 0 Å². The molecule has 0 radical (unpaired) electrons. The maximum Gasteiger partial charge on any atom is 0.164 e. The number of benzene rings is 9. The Kier molecular flexibility index (Phi) is 9.14. The highest BCUT2D eigenvalue weighted by molar-refractivity contribution is 6.09. The predicted octanol–water partition coefficient (Wildman–Crippen LogP) is 14.6. The molecule has 0 saturated heterocycles. The molecular formula is C57H38N4. The van der Waals surface area contributed by atoms with E-state index in [0.717, 1.165) is 50.2 Å². The molecule has 2 heterocycles. The smallest absolute Gasteiger partial charge is 0.164 e. The van der Waals surface area contributed by atoms with E-state index in [4.69, 9.17) is 15.0 Å². The number of aromatic nitrogens is 4. The second-order valence-corrected chi connectivity index (χ2v) is 15.2. The van der Waals surface area contributed by atoms with Crippen molar-refractivity contribution in [1.82, 2.24) is 19.5 Å². The van der Waals surface area contributed by atoms with Crippen molar-refractivity contribution in [1.29, 1.82) is 0 Å². The zero-order valence-electron chi connectivity index (χ0n) is 33.2. The van der Waals surface area contributed by atoms with Crippen LogP contribution in [0.5, 0.6) is 0 Å². The summed E-state index contributed by atoms with van der Waals surface area (Å²) in [6.45, 7) is 0. The topological polar surface area (TPSA) is 43.6 Å². The van der Waals surface area contributed by atoms with Gasteiger partial charge in [0.1, 0.15) is 0 Å². The lowest BCUT2D eigenvalue weighted by molar-refractivity contribution is 1.07. The summed E-state index contributed by atoms with van der Waals surface area (Å²) in [6, 6.07) is 81.2. The average Bonchev–Trinajstić information content (AvgIpc) is 3.69. The van der Waals surface area contributed by atoms with E-state index in [-0.39, 0.29) is 0 Å². The molecule has 4 heteroatoms. The molecule has 0 saturated carbocycles. The molecule has 11 rings (SSSR count). The summed E-state index contributed by atoms with van der Waals surface area (Å²) < 4.78 is 2.40. The van der Waals surface area contributed by atoms with Crippen molar-refractivity contribution in [2.45, 2.75) is 0 Å². The SMILES string of the molecule is c1ccc(-c2ccc(-c3nc(-c4ccc(-c5ccccc5)cc4)nc(-c4ccc(-c5cccc(-c6ccccc6-n6c7ccccc7c7ccccc76)c5)cc4)n3)cc2)cc1. The monoisotopic (exact) mass is 778 g/mol. The Morgan fingerprint density at radius 3 is 1.08 bits per heavy atom. The third-order valence-electron chi connectivity index (χ3n) is 11.5. The van der Waals surface area contributed by atoms with Crippen LogP contribution in [-0.2, 0) is 0 Å². The molecule has 0 aliphatic rings. The van der Waals surface area contributed by atoms with E-state index < -0.39 is 0 Å². The minimum absolute atomic E-state index is 0.625. The van der Waals surface area contributed by atoms with Gasteiger partial charge in [0, 0.05) is 33.0 Å². The second kappa shape index (κ2) is 15.5. The van der Waals surface area contributed by atoms with Gasteiger partial charge >= 0.3 is 0 Å². The molecule has 0 aliphatic heterocycles. The summed E-state index contributed by atoms with van der Waals surface area (Å²) in [5, 5.41) is 2.50. The fourth-order valence-corrected chi connectivity index (χ4v) is 8.42. The maximum atomic E-state index is 5.08. The molecule has 4 nitrogen and oxygen atoms in total. The lowest BCUT2D eigenvalue weighted by Gasteiger charge is -2.15. The molecule has 61 heavy (non-hydrogen) atoms. The Labute approximate surface area is 354 Å². The third-order valence-corrected chi connectivity index (χ3v) is 11.5. The Hall–Kier alpha value is -8.21. The van der Waals surface area contributed by atoms with Crippen molar-refractivity contribution in [3.8, 4) is 84.4 Å². The van der Waals surface area contributed by atoms with E-state index >= 15 is 0 Å². The molecule has 11 aromatic rings. The Balaban J connectivity index is 0.953. The van der Waals surface area contributed by atoms with Crippen LogP contribution in [0.3, 0.4) is 0 Å². The summed E-state index contributed by atoms with van der Waals surface area (Å²) >= 11 is 0. The maximum absolute atomic E-state index is 5.08. The van der Waals surface area contributed by atoms with Crippen LogP contribution in [0.25, 0.3) is 106 Å². The summed E-state index contributed by atoms with van der Waals surface area (Å²) in [4.78, 5) is 15.2. The number of fused-ring (bicyclic) bond motifs is 3. The van der Waals surface area contributed by atoms with Crippen LogP contribution in [0, 0.1) is 0 Å². The van der Waals surface area contributed by atoms with E-state index in [1.165, 1.54) is 38.5 Å². The highest BCUT2D eigenvalue weighted by Crippen LogP contribution is 2.37. The predicted molar refractivity (Wildman–Crippen MR) is 252 cm³/mol. The van der Waals surface area contributed by atoms with Crippen molar-refractivity contribution in [3.63, 3.8) is 0 Å². The van der Waals surface area contributed by atoms with Gasteiger partial charge in [-0.05, 0) is 63.2 Å². The van der Waals surface area contributed by atoms with Crippen molar-refractivity contribution < 1.29 is 0 Å². The standard InChI is InChI=1S/C57H38N4/c1-3-14-39(15-4-1)41-26-32-44(33-27-41)55-58-56(45-34-28-42(29-35-45)40-16-5-2-6-17-40)60-57(59-55)46-36-30-43(31-37-46)47-18-13-19-48(38-47)49-20-7-10-23-52(49)61-53-24-11-8-21-50(53)51-22-9-12-25-54(51)61/h1-38H. The largest absolute Gasteiger partial charge is 0.309 e. The van der Waals surface area contributed by atoms with Crippen LogP contribution in [-0.4, -0.2) is 19.5 Å². The number of rotatable bonds is 8. The van der Waals surface area contributed by atoms with Crippen molar-refractivity contribution >= 4 is 21.8 Å². The molecule has 0 fully saturated rings. The highest BCUT2D eigenvalue weighted by Gasteiger charge is 2.17. The Bertz CT molecular complexity index is 3160. The quantitative estimate of drug-likeness (QED) is 0.154. The molecule has 2 aromatic heterocycles. The van der Waals surface area contributed by atoms with Gasteiger partial charge in [0.15, 0.2) is 17.5 Å². The van der Waals surface area contributed by atoms with Crippen LogP contribution in [0.1, 0.15) is 0 Å². The Morgan fingerprint density at radius 2 is 0.590 bits per heavy atom. The van der Waals surface area contributed by atoms with Gasteiger partial charge in [-0.2, -0.15) is 0 Å². The summed E-state index contributed by atoms with van der Waals surface area (Å²) in [7, 11) is 0.